The first-order chi connectivity index (χ1) is 22.1. The van der Waals surface area contributed by atoms with Gasteiger partial charge in [0, 0.05) is 41.6 Å². The number of nitrogens with zero attached hydrogens (tertiary/aromatic N) is 3. The lowest BCUT2D eigenvalue weighted by Crippen LogP contribution is -2.41. The van der Waals surface area contributed by atoms with Gasteiger partial charge in [-0.05, 0) is 79.3 Å². The van der Waals surface area contributed by atoms with Gasteiger partial charge in [-0.3, -0.25) is 14.4 Å². The first-order valence-corrected chi connectivity index (χ1v) is 14.9. The quantitative estimate of drug-likeness (QED) is 0.205. The topological polar surface area (TPSA) is 116 Å². The second kappa shape index (κ2) is 14.4. The van der Waals surface area contributed by atoms with Crippen molar-refractivity contribution in [1.29, 1.82) is 0 Å². The van der Waals surface area contributed by atoms with Crippen LogP contribution in [0.15, 0.2) is 79.0 Å². The third-order valence-corrected chi connectivity index (χ3v) is 7.82. The second-order valence-electron chi connectivity index (χ2n) is 10.8. The Kier molecular flexibility index (Phi) is 10.2. The number of likely N-dealkylation sites (tertiary alicyclic amines) is 1. The highest BCUT2D eigenvalue weighted by Crippen LogP contribution is 2.30. The van der Waals surface area contributed by atoms with Gasteiger partial charge in [0.05, 0.1) is 6.20 Å². The molecule has 2 amide bonds. The monoisotopic (exact) mass is 650 g/mol. The molecule has 0 spiro atoms. The molecule has 46 heavy (non-hydrogen) atoms. The number of rotatable bonds is 3. The van der Waals surface area contributed by atoms with E-state index >= 15 is 0 Å². The molecular formula is C33H30ClF3N6O3. The summed E-state index contributed by atoms with van der Waals surface area (Å²) < 4.78 is 31.2. The molecule has 6 bridgehead atoms. The average Bonchev–Trinajstić information content (AvgIpc) is 3.06. The fourth-order valence-corrected chi connectivity index (χ4v) is 5.35. The van der Waals surface area contributed by atoms with E-state index in [2.05, 4.69) is 38.1 Å². The lowest BCUT2D eigenvalue weighted by atomic mass is 9.94. The van der Waals surface area contributed by atoms with Crippen molar-refractivity contribution in [1.82, 2.24) is 14.9 Å². The molecule has 0 aliphatic carbocycles. The molecule has 9 nitrogen and oxygen atoms in total. The number of carbonyl (C=O) groups is 3. The zero-order valence-electron chi connectivity index (χ0n) is 24.5. The molecule has 0 radical (unpaired) electrons. The molecule has 2 aliphatic rings. The summed E-state index contributed by atoms with van der Waals surface area (Å²) >= 11 is 6.39. The van der Waals surface area contributed by atoms with Crippen LogP contribution in [0.4, 0.5) is 42.0 Å². The SMILES string of the molecule is O=C(Nc1ccc2cc1CCc1cccc(c1)Nc1ncc(Cl)c(n1)N2)C1CCN(C(=O)c2ccccc2)CC1.O=CC(F)(F)F. The van der Waals surface area contributed by atoms with Crippen LogP contribution in [0.25, 0.3) is 0 Å². The summed E-state index contributed by atoms with van der Waals surface area (Å²) in [6.45, 7) is 1.13. The van der Waals surface area contributed by atoms with Gasteiger partial charge in [0.2, 0.25) is 18.1 Å². The van der Waals surface area contributed by atoms with E-state index in [4.69, 9.17) is 16.4 Å². The Balaban J connectivity index is 0.000000635. The van der Waals surface area contributed by atoms with E-state index in [0.717, 1.165) is 41.0 Å². The average molecular weight is 651 g/mol. The minimum absolute atomic E-state index is 0.0126. The van der Waals surface area contributed by atoms with Gasteiger partial charge in [0.25, 0.3) is 5.91 Å². The van der Waals surface area contributed by atoms with E-state index in [-0.39, 0.29) is 17.7 Å². The number of aryl methyl sites for hydroxylation is 2. The van der Waals surface area contributed by atoms with E-state index in [9.17, 15) is 22.8 Å². The van der Waals surface area contributed by atoms with Crippen LogP contribution in [0.5, 0.6) is 0 Å². The number of fused-ring (bicyclic) bond motifs is 6. The van der Waals surface area contributed by atoms with Crippen molar-refractivity contribution >= 4 is 58.5 Å². The number of aromatic nitrogens is 2. The molecule has 6 rings (SSSR count). The highest BCUT2D eigenvalue weighted by atomic mass is 35.5. The number of hydrogen-bond acceptors (Lipinski definition) is 7. The normalized spacial score (nSPS) is 14.5. The van der Waals surface area contributed by atoms with Gasteiger partial charge in [0.1, 0.15) is 5.02 Å². The summed E-state index contributed by atoms with van der Waals surface area (Å²) in [6, 6.07) is 23.3. The zero-order chi connectivity index (χ0) is 32.7. The van der Waals surface area contributed by atoms with Gasteiger partial charge < -0.3 is 20.9 Å². The number of aldehydes is 1. The molecule has 1 saturated heterocycles. The molecule has 3 N–H and O–H groups in total. The first-order valence-electron chi connectivity index (χ1n) is 14.5. The van der Waals surface area contributed by atoms with Crippen LogP contribution in [-0.2, 0) is 22.4 Å². The molecule has 1 aromatic heterocycles. The van der Waals surface area contributed by atoms with Crippen molar-refractivity contribution in [3.63, 3.8) is 0 Å². The number of nitrogens with one attached hydrogen (secondary N) is 3. The Morgan fingerprint density at radius 3 is 2.37 bits per heavy atom. The van der Waals surface area contributed by atoms with Gasteiger partial charge in [-0.15, -0.1) is 0 Å². The summed E-state index contributed by atoms with van der Waals surface area (Å²) in [4.78, 5) is 45.5. The number of hydrogen-bond donors (Lipinski definition) is 3. The molecule has 1 fully saturated rings. The highest BCUT2D eigenvalue weighted by Gasteiger charge is 2.28. The third kappa shape index (κ3) is 8.60. The molecule has 0 unspecified atom stereocenters. The summed E-state index contributed by atoms with van der Waals surface area (Å²) in [6.07, 6.45) is -1.35. The van der Waals surface area contributed by atoms with Crippen molar-refractivity contribution in [2.45, 2.75) is 31.9 Å². The smallest absolute Gasteiger partial charge is 0.339 e. The number of amides is 2. The Bertz CT molecular complexity index is 1710. The van der Waals surface area contributed by atoms with Crippen LogP contribution in [0.1, 0.15) is 34.3 Å². The molecule has 3 aromatic carbocycles. The molecule has 13 heteroatoms. The second-order valence-corrected chi connectivity index (χ2v) is 11.2. The van der Waals surface area contributed by atoms with E-state index in [0.29, 0.717) is 48.3 Å². The number of halogens is 4. The Morgan fingerprint density at radius 2 is 1.65 bits per heavy atom. The fraction of sp³-hybridized carbons (Fsp3) is 0.242. The van der Waals surface area contributed by atoms with Crippen molar-refractivity contribution < 1.29 is 27.6 Å². The van der Waals surface area contributed by atoms with Crippen LogP contribution >= 0.6 is 11.6 Å². The molecule has 0 saturated carbocycles. The van der Waals surface area contributed by atoms with Crippen LogP contribution < -0.4 is 16.0 Å². The first kappa shape index (κ1) is 32.4. The van der Waals surface area contributed by atoms with Crippen molar-refractivity contribution in [2.75, 3.05) is 29.0 Å². The van der Waals surface area contributed by atoms with Gasteiger partial charge in [-0.2, -0.15) is 18.2 Å². The third-order valence-electron chi connectivity index (χ3n) is 7.54. The van der Waals surface area contributed by atoms with E-state index in [1.165, 1.54) is 0 Å². The molecular weight excluding hydrogens is 621 g/mol. The summed E-state index contributed by atoms with van der Waals surface area (Å²) in [5, 5.41) is 10.1. The molecule has 4 aromatic rings. The maximum Gasteiger partial charge on any atom is 0.446 e. The van der Waals surface area contributed by atoms with Gasteiger partial charge in [0.15, 0.2) is 5.82 Å². The fourth-order valence-electron chi connectivity index (χ4n) is 5.21. The standard InChI is InChI=1S/C31H29ClN6O2.C2HF3O/c32-26-19-33-31-35-24-8-4-5-20(17-24)9-10-23-18-25(34-28(26)37-31)11-12-27(23)36-29(39)21-13-15-38(16-14-21)30(40)22-6-2-1-3-7-22;3-2(4,5)1-6/h1-8,11-12,17-19,21H,9-10,13-16H2,(H,36,39)(H2,33,34,35,37);1H. The van der Waals surface area contributed by atoms with Crippen LogP contribution in [0.2, 0.25) is 5.02 Å². The van der Waals surface area contributed by atoms with Crippen LogP contribution in [0.3, 0.4) is 0 Å². The minimum atomic E-state index is -4.64. The van der Waals surface area contributed by atoms with Crippen LogP contribution in [-0.4, -0.2) is 52.2 Å². The zero-order valence-corrected chi connectivity index (χ0v) is 25.2. The Labute approximate surface area is 268 Å². The van der Waals surface area contributed by atoms with Crippen molar-refractivity contribution in [2.24, 2.45) is 5.92 Å². The van der Waals surface area contributed by atoms with E-state index in [1.807, 2.05) is 65.6 Å². The van der Waals surface area contributed by atoms with Crippen molar-refractivity contribution in [3.8, 4) is 0 Å². The van der Waals surface area contributed by atoms with Gasteiger partial charge in [-0.1, -0.05) is 41.9 Å². The van der Waals surface area contributed by atoms with Crippen LogP contribution in [0, 0.1) is 5.92 Å². The summed E-state index contributed by atoms with van der Waals surface area (Å²) in [5.41, 5.74) is 5.35. The maximum atomic E-state index is 13.3. The molecule has 3 heterocycles. The van der Waals surface area contributed by atoms with E-state index in [1.54, 1.807) is 6.20 Å². The Hall–Kier alpha value is -4.97. The van der Waals surface area contributed by atoms with Gasteiger partial charge >= 0.3 is 6.18 Å². The Morgan fingerprint density at radius 1 is 0.935 bits per heavy atom. The molecule has 238 valence electrons. The number of piperidine rings is 1. The van der Waals surface area contributed by atoms with Crippen molar-refractivity contribution in [3.05, 3.63) is 101 Å². The molecule has 2 aliphatic heterocycles. The molecule has 0 atom stereocenters. The summed E-state index contributed by atoms with van der Waals surface area (Å²) in [5.74, 6) is 0.795. The number of benzene rings is 3. The lowest BCUT2D eigenvalue weighted by molar-refractivity contribution is -0.156. The lowest BCUT2D eigenvalue weighted by Gasteiger charge is -2.31. The number of carbonyl (C=O) groups excluding carboxylic acids is 3. The maximum absolute atomic E-state index is 13.3. The predicted molar refractivity (Wildman–Crippen MR) is 170 cm³/mol. The minimum Gasteiger partial charge on any atom is -0.339 e. The van der Waals surface area contributed by atoms with E-state index < -0.39 is 12.5 Å². The number of alkyl halides is 3. The largest absolute Gasteiger partial charge is 0.446 e. The highest BCUT2D eigenvalue weighted by molar-refractivity contribution is 6.32. The summed E-state index contributed by atoms with van der Waals surface area (Å²) in [7, 11) is 0. The number of anilines is 5. The predicted octanol–water partition coefficient (Wildman–Crippen LogP) is 6.95. The van der Waals surface area contributed by atoms with Gasteiger partial charge in [-0.25, -0.2) is 4.98 Å².